The van der Waals surface area contributed by atoms with Crippen LogP contribution in [0, 0.1) is 6.92 Å². The lowest BCUT2D eigenvalue weighted by atomic mass is 9.97. The van der Waals surface area contributed by atoms with Crippen LogP contribution in [0.15, 0.2) is 30.5 Å². The molecule has 7 heteroatoms. The molecule has 0 aliphatic carbocycles. The maximum atomic E-state index is 12.8. The van der Waals surface area contributed by atoms with Gasteiger partial charge in [-0.1, -0.05) is 17.7 Å². The number of ether oxygens (including phenoxy) is 2. The second-order valence-corrected chi connectivity index (χ2v) is 6.21. The third kappa shape index (κ3) is 3.77. The van der Waals surface area contributed by atoms with E-state index >= 15 is 0 Å². The van der Waals surface area contributed by atoms with Crippen LogP contribution in [0.5, 0.6) is 0 Å². The first-order valence-corrected chi connectivity index (χ1v) is 8.85. The Morgan fingerprint density at radius 1 is 1.35 bits per heavy atom. The third-order valence-electron chi connectivity index (χ3n) is 4.32. The van der Waals surface area contributed by atoms with E-state index in [2.05, 4.69) is 10.2 Å². The number of aromatic nitrogens is 2. The molecule has 3 rings (SSSR count). The summed E-state index contributed by atoms with van der Waals surface area (Å²) in [6.45, 7) is 4.47. The fraction of sp³-hybridized carbons (Fsp3) is 0.421. The van der Waals surface area contributed by atoms with Gasteiger partial charge in [0, 0.05) is 24.4 Å². The van der Waals surface area contributed by atoms with Gasteiger partial charge in [-0.15, -0.1) is 0 Å². The number of amides is 1. The SMILES string of the molecule is CCOC(=O)C(=O)N(c1cc[nH]n1)c1ccc(C)cc1C1CCCCO1. The van der Waals surface area contributed by atoms with Crippen LogP contribution in [-0.2, 0) is 19.1 Å². The molecule has 26 heavy (non-hydrogen) atoms. The third-order valence-corrected chi connectivity index (χ3v) is 4.32. The minimum atomic E-state index is -0.911. The molecule has 1 aliphatic heterocycles. The highest BCUT2D eigenvalue weighted by Gasteiger charge is 2.31. The minimum Gasteiger partial charge on any atom is -0.459 e. The highest BCUT2D eigenvalue weighted by atomic mass is 16.5. The predicted molar refractivity (Wildman–Crippen MR) is 96.1 cm³/mol. The van der Waals surface area contributed by atoms with Gasteiger partial charge in [-0.25, -0.2) is 4.79 Å². The van der Waals surface area contributed by atoms with Gasteiger partial charge in [0.25, 0.3) is 0 Å². The molecule has 0 bridgehead atoms. The maximum Gasteiger partial charge on any atom is 0.397 e. The van der Waals surface area contributed by atoms with E-state index < -0.39 is 11.9 Å². The number of benzene rings is 1. The van der Waals surface area contributed by atoms with Crippen LogP contribution < -0.4 is 4.90 Å². The minimum absolute atomic E-state index is 0.116. The fourth-order valence-electron chi connectivity index (χ4n) is 3.12. The largest absolute Gasteiger partial charge is 0.459 e. The summed E-state index contributed by atoms with van der Waals surface area (Å²) in [5, 5.41) is 6.79. The number of carbonyl (C=O) groups excluding carboxylic acids is 2. The number of hydrogen-bond donors (Lipinski definition) is 1. The molecule has 1 atom stereocenters. The number of carbonyl (C=O) groups is 2. The zero-order valence-corrected chi connectivity index (χ0v) is 15.0. The van der Waals surface area contributed by atoms with Crippen molar-refractivity contribution in [1.29, 1.82) is 0 Å². The molecule has 1 amide bonds. The van der Waals surface area contributed by atoms with Crippen molar-refractivity contribution in [1.82, 2.24) is 10.2 Å². The van der Waals surface area contributed by atoms with Crippen LogP contribution in [-0.4, -0.2) is 35.3 Å². The van der Waals surface area contributed by atoms with Crippen LogP contribution >= 0.6 is 0 Å². The highest BCUT2D eigenvalue weighted by molar-refractivity contribution is 6.39. The van der Waals surface area contributed by atoms with Gasteiger partial charge in [-0.3, -0.25) is 14.8 Å². The smallest absolute Gasteiger partial charge is 0.397 e. The van der Waals surface area contributed by atoms with E-state index in [0.717, 1.165) is 30.4 Å². The Hall–Kier alpha value is -2.67. The van der Waals surface area contributed by atoms with Crippen molar-refractivity contribution in [2.75, 3.05) is 18.1 Å². The van der Waals surface area contributed by atoms with Gasteiger partial charge in [-0.05, 0) is 39.2 Å². The van der Waals surface area contributed by atoms with Gasteiger partial charge < -0.3 is 9.47 Å². The molecule has 1 unspecified atom stereocenters. The maximum absolute atomic E-state index is 12.8. The van der Waals surface area contributed by atoms with Gasteiger partial charge in [0.1, 0.15) is 0 Å². The quantitative estimate of drug-likeness (QED) is 0.671. The van der Waals surface area contributed by atoms with Crippen LogP contribution in [0.3, 0.4) is 0 Å². The van der Waals surface area contributed by atoms with E-state index in [1.54, 1.807) is 19.2 Å². The van der Waals surface area contributed by atoms with E-state index in [0.29, 0.717) is 18.1 Å². The number of hydrogen-bond acceptors (Lipinski definition) is 5. The lowest BCUT2D eigenvalue weighted by Gasteiger charge is -2.29. The number of nitrogens with zero attached hydrogens (tertiary/aromatic N) is 2. The number of anilines is 2. The lowest BCUT2D eigenvalue weighted by molar-refractivity contribution is -0.152. The van der Waals surface area contributed by atoms with Gasteiger partial charge in [0.05, 0.1) is 18.4 Å². The Labute approximate surface area is 152 Å². The summed E-state index contributed by atoms with van der Waals surface area (Å²) in [6.07, 6.45) is 4.45. The standard InChI is InChI=1S/C19H23N3O4/c1-3-25-19(24)18(23)22(17-9-10-20-21-17)15-8-7-13(2)12-14(15)16-6-4-5-11-26-16/h7-10,12,16H,3-6,11H2,1-2H3,(H,20,21). The van der Waals surface area contributed by atoms with Crippen molar-refractivity contribution in [2.24, 2.45) is 0 Å². The van der Waals surface area contributed by atoms with Crippen molar-refractivity contribution in [3.63, 3.8) is 0 Å². The molecule has 1 fully saturated rings. The molecule has 1 aliphatic rings. The van der Waals surface area contributed by atoms with Crippen molar-refractivity contribution in [2.45, 2.75) is 39.2 Å². The predicted octanol–water partition coefficient (Wildman–Crippen LogP) is 3.19. The summed E-state index contributed by atoms with van der Waals surface area (Å²) in [4.78, 5) is 26.2. The van der Waals surface area contributed by atoms with Crippen LogP contribution in [0.4, 0.5) is 11.5 Å². The van der Waals surface area contributed by atoms with Gasteiger partial charge in [-0.2, -0.15) is 5.10 Å². The average Bonchev–Trinajstić information content (AvgIpc) is 3.18. The molecular formula is C19H23N3O4. The van der Waals surface area contributed by atoms with E-state index in [-0.39, 0.29) is 12.7 Å². The number of esters is 1. The summed E-state index contributed by atoms with van der Waals surface area (Å²) in [5.74, 6) is -1.35. The molecule has 1 aromatic carbocycles. The fourth-order valence-corrected chi connectivity index (χ4v) is 3.12. The second-order valence-electron chi connectivity index (χ2n) is 6.21. The van der Waals surface area contributed by atoms with E-state index in [4.69, 9.17) is 9.47 Å². The van der Waals surface area contributed by atoms with E-state index in [1.165, 1.54) is 4.90 Å². The zero-order chi connectivity index (χ0) is 18.5. The summed E-state index contributed by atoms with van der Waals surface area (Å²) < 4.78 is 10.8. The van der Waals surface area contributed by atoms with Crippen molar-refractivity contribution in [3.8, 4) is 0 Å². The molecule has 138 valence electrons. The normalized spacial score (nSPS) is 16.9. The highest BCUT2D eigenvalue weighted by Crippen LogP contribution is 2.37. The zero-order valence-electron chi connectivity index (χ0n) is 15.0. The molecule has 2 heterocycles. The first-order valence-electron chi connectivity index (χ1n) is 8.85. The molecule has 0 spiro atoms. The topological polar surface area (TPSA) is 84.5 Å². The van der Waals surface area contributed by atoms with Gasteiger partial charge in [0.15, 0.2) is 5.82 Å². The monoisotopic (exact) mass is 357 g/mol. The number of H-pyrrole nitrogens is 1. The molecular weight excluding hydrogens is 334 g/mol. The molecule has 1 saturated heterocycles. The molecule has 0 saturated carbocycles. The first-order chi connectivity index (χ1) is 12.6. The van der Waals surface area contributed by atoms with E-state index in [1.807, 2.05) is 25.1 Å². The Morgan fingerprint density at radius 3 is 2.85 bits per heavy atom. The van der Waals surface area contributed by atoms with Crippen LogP contribution in [0.1, 0.15) is 43.4 Å². The first kappa shape index (κ1) is 18.1. The Balaban J connectivity index is 2.06. The van der Waals surface area contributed by atoms with Crippen molar-refractivity contribution >= 4 is 23.4 Å². The summed E-state index contributed by atoms with van der Waals surface area (Å²) in [7, 11) is 0. The number of rotatable bonds is 4. The molecule has 1 aromatic heterocycles. The van der Waals surface area contributed by atoms with Crippen LogP contribution in [0.2, 0.25) is 0 Å². The lowest BCUT2D eigenvalue weighted by Crippen LogP contribution is -2.35. The molecule has 2 aromatic rings. The molecule has 7 nitrogen and oxygen atoms in total. The number of aryl methyl sites for hydroxylation is 1. The Morgan fingerprint density at radius 2 is 2.19 bits per heavy atom. The number of nitrogens with one attached hydrogen (secondary N) is 1. The molecule has 0 radical (unpaired) electrons. The van der Waals surface area contributed by atoms with Crippen LogP contribution in [0.25, 0.3) is 0 Å². The average molecular weight is 357 g/mol. The van der Waals surface area contributed by atoms with Gasteiger partial charge >= 0.3 is 11.9 Å². The number of aromatic amines is 1. The van der Waals surface area contributed by atoms with Crippen molar-refractivity contribution in [3.05, 3.63) is 41.6 Å². The summed E-state index contributed by atoms with van der Waals surface area (Å²) in [5.41, 5.74) is 2.53. The Bertz CT molecular complexity index is 767. The Kier molecular flexibility index (Phi) is 5.68. The second kappa shape index (κ2) is 8.14. The van der Waals surface area contributed by atoms with Crippen molar-refractivity contribution < 1.29 is 19.1 Å². The molecule has 1 N–H and O–H groups in total. The summed E-state index contributed by atoms with van der Waals surface area (Å²) in [6, 6.07) is 7.38. The van der Waals surface area contributed by atoms with Gasteiger partial charge in [0.2, 0.25) is 0 Å². The summed E-state index contributed by atoms with van der Waals surface area (Å²) >= 11 is 0. The van der Waals surface area contributed by atoms with E-state index in [9.17, 15) is 9.59 Å².